The van der Waals surface area contributed by atoms with Crippen LogP contribution in [0.4, 0.5) is 0 Å². The van der Waals surface area contributed by atoms with Gasteiger partial charge in [0.25, 0.3) is 5.22 Å². The number of nitrogens with one attached hydrogen (secondary N) is 2. The lowest BCUT2D eigenvalue weighted by Crippen LogP contribution is -2.31. The van der Waals surface area contributed by atoms with Crippen molar-refractivity contribution in [3.05, 3.63) is 58.6 Å². The summed E-state index contributed by atoms with van der Waals surface area (Å²) in [5.41, 5.74) is 2.91. The second kappa shape index (κ2) is 6.92. The number of aromatic amines is 1. The number of carbonyl (C=O) groups is 1. The van der Waals surface area contributed by atoms with Gasteiger partial charge in [-0.25, -0.2) is 9.89 Å². The van der Waals surface area contributed by atoms with Gasteiger partial charge in [0.05, 0.1) is 12.2 Å². The standard InChI is InChI=1S/C13H12N6O3S/c20-10(18-19-8-14-16-12(19)21)7-23-13-17-15-11(22-13)6-9-4-2-1-3-5-9/h1-5,8H,6-7H2,(H,16,21)(H,18,20). The number of thioether (sulfide) groups is 1. The first kappa shape index (κ1) is 15.0. The van der Waals surface area contributed by atoms with Crippen molar-refractivity contribution < 1.29 is 9.21 Å². The highest BCUT2D eigenvalue weighted by atomic mass is 32.2. The molecule has 1 amide bonds. The number of hydrogen-bond acceptors (Lipinski definition) is 7. The first-order valence-electron chi connectivity index (χ1n) is 6.62. The molecule has 0 fully saturated rings. The summed E-state index contributed by atoms with van der Waals surface area (Å²) >= 11 is 1.09. The van der Waals surface area contributed by atoms with Gasteiger partial charge in [-0.15, -0.1) is 10.2 Å². The van der Waals surface area contributed by atoms with E-state index in [1.54, 1.807) is 0 Å². The van der Waals surface area contributed by atoms with E-state index in [-0.39, 0.29) is 11.7 Å². The van der Waals surface area contributed by atoms with Crippen LogP contribution in [-0.4, -0.2) is 36.7 Å². The van der Waals surface area contributed by atoms with Crippen molar-refractivity contribution in [2.24, 2.45) is 0 Å². The summed E-state index contributed by atoms with van der Waals surface area (Å²) in [5, 5.41) is 13.8. The summed E-state index contributed by atoms with van der Waals surface area (Å²) < 4.78 is 6.43. The Morgan fingerprint density at radius 2 is 2.13 bits per heavy atom. The molecule has 3 rings (SSSR count). The molecule has 0 bridgehead atoms. The van der Waals surface area contributed by atoms with Crippen molar-refractivity contribution in [1.29, 1.82) is 0 Å². The molecule has 0 unspecified atom stereocenters. The number of aromatic nitrogens is 5. The Labute approximate surface area is 134 Å². The normalized spacial score (nSPS) is 10.6. The predicted molar refractivity (Wildman–Crippen MR) is 81.5 cm³/mol. The van der Waals surface area contributed by atoms with Crippen LogP contribution in [0.15, 0.2) is 51.1 Å². The predicted octanol–water partition coefficient (Wildman–Crippen LogP) is 0.408. The maximum Gasteiger partial charge on any atom is 0.362 e. The zero-order valence-electron chi connectivity index (χ0n) is 11.8. The van der Waals surface area contributed by atoms with Crippen LogP contribution in [-0.2, 0) is 11.2 Å². The molecule has 0 radical (unpaired) electrons. The molecule has 2 N–H and O–H groups in total. The summed E-state index contributed by atoms with van der Waals surface area (Å²) in [6, 6.07) is 9.73. The third-order valence-electron chi connectivity index (χ3n) is 2.77. The molecule has 1 aromatic carbocycles. The van der Waals surface area contributed by atoms with Crippen LogP contribution in [0, 0.1) is 0 Å². The maximum absolute atomic E-state index is 11.7. The third-order valence-corrected chi connectivity index (χ3v) is 3.59. The van der Waals surface area contributed by atoms with Gasteiger partial charge in [0.2, 0.25) is 11.8 Å². The van der Waals surface area contributed by atoms with E-state index in [1.165, 1.54) is 6.33 Å². The second-order valence-corrected chi connectivity index (χ2v) is 5.41. The molecule has 0 aliphatic heterocycles. The smallest absolute Gasteiger partial charge is 0.362 e. The third kappa shape index (κ3) is 4.07. The Kier molecular flexibility index (Phi) is 4.52. The molecule has 3 aromatic rings. The molecular formula is C13H12N6O3S. The Balaban J connectivity index is 1.52. The second-order valence-electron chi connectivity index (χ2n) is 4.48. The highest BCUT2D eigenvalue weighted by molar-refractivity contribution is 7.99. The number of hydrogen-bond donors (Lipinski definition) is 2. The lowest BCUT2D eigenvalue weighted by molar-refractivity contribution is -0.114. The summed E-state index contributed by atoms with van der Waals surface area (Å²) in [4.78, 5) is 22.9. The maximum atomic E-state index is 11.7. The van der Waals surface area contributed by atoms with Gasteiger partial charge in [0.15, 0.2) is 0 Å². The van der Waals surface area contributed by atoms with E-state index in [1.807, 2.05) is 30.3 Å². The fourth-order valence-corrected chi connectivity index (χ4v) is 2.33. The highest BCUT2D eigenvalue weighted by Gasteiger charge is 2.11. The van der Waals surface area contributed by atoms with E-state index in [0.29, 0.717) is 17.5 Å². The Bertz CT molecular complexity index is 841. The van der Waals surface area contributed by atoms with Gasteiger partial charge in [0.1, 0.15) is 6.33 Å². The van der Waals surface area contributed by atoms with Crippen molar-refractivity contribution in [3.63, 3.8) is 0 Å². The van der Waals surface area contributed by atoms with E-state index in [2.05, 4.69) is 25.8 Å². The largest absolute Gasteiger partial charge is 0.416 e. The molecule has 0 saturated carbocycles. The number of H-pyrrole nitrogens is 1. The fraction of sp³-hybridized carbons (Fsp3) is 0.154. The SMILES string of the molecule is O=C(CSc1nnc(Cc2ccccc2)o1)Nn1cn[nH]c1=O. The number of amides is 1. The van der Waals surface area contributed by atoms with Crippen molar-refractivity contribution in [2.45, 2.75) is 11.6 Å². The van der Waals surface area contributed by atoms with Crippen LogP contribution < -0.4 is 11.1 Å². The molecule has 2 heterocycles. The fourth-order valence-electron chi connectivity index (χ4n) is 1.76. The van der Waals surface area contributed by atoms with Gasteiger partial charge in [-0.3, -0.25) is 10.2 Å². The number of nitrogens with zero attached hydrogens (tertiary/aromatic N) is 4. The molecule has 0 saturated heterocycles. The van der Waals surface area contributed by atoms with Gasteiger partial charge in [0, 0.05) is 0 Å². The van der Waals surface area contributed by atoms with Crippen molar-refractivity contribution in [1.82, 2.24) is 25.1 Å². The van der Waals surface area contributed by atoms with E-state index in [0.717, 1.165) is 22.0 Å². The lowest BCUT2D eigenvalue weighted by atomic mass is 10.2. The first-order chi connectivity index (χ1) is 11.2. The molecule has 23 heavy (non-hydrogen) atoms. The average molecular weight is 332 g/mol. The number of rotatable bonds is 6. The van der Waals surface area contributed by atoms with Crippen LogP contribution >= 0.6 is 11.8 Å². The molecule has 0 spiro atoms. The monoisotopic (exact) mass is 332 g/mol. The number of benzene rings is 1. The van der Waals surface area contributed by atoms with Crippen LogP contribution in [0.3, 0.4) is 0 Å². The zero-order chi connectivity index (χ0) is 16.1. The van der Waals surface area contributed by atoms with Crippen molar-refractivity contribution >= 4 is 17.7 Å². The van der Waals surface area contributed by atoms with Gasteiger partial charge < -0.3 is 4.42 Å². The molecule has 0 atom stereocenters. The molecule has 0 aliphatic rings. The quantitative estimate of drug-likeness (QED) is 0.627. The van der Waals surface area contributed by atoms with E-state index >= 15 is 0 Å². The summed E-state index contributed by atoms with van der Waals surface area (Å²) in [6.07, 6.45) is 1.71. The summed E-state index contributed by atoms with van der Waals surface area (Å²) in [7, 11) is 0. The minimum Gasteiger partial charge on any atom is -0.416 e. The van der Waals surface area contributed by atoms with E-state index in [9.17, 15) is 9.59 Å². The first-order valence-corrected chi connectivity index (χ1v) is 7.60. The van der Waals surface area contributed by atoms with Crippen LogP contribution in [0.2, 0.25) is 0 Å². The lowest BCUT2D eigenvalue weighted by Gasteiger charge is -2.01. The van der Waals surface area contributed by atoms with Crippen LogP contribution in [0.5, 0.6) is 0 Å². The molecule has 0 aliphatic carbocycles. The van der Waals surface area contributed by atoms with E-state index in [4.69, 9.17) is 4.42 Å². The average Bonchev–Trinajstić information content (AvgIpc) is 3.16. The summed E-state index contributed by atoms with van der Waals surface area (Å²) in [5.74, 6) is 0.122. The zero-order valence-corrected chi connectivity index (χ0v) is 12.6. The minimum atomic E-state index is -0.522. The molecule has 10 heteroatoms. The molecule has 2 aromatic heterocycles. The van der Waals surface area contributed by atoms with Crippen LogP contribution in [0.1, 0.15) is 11.5 Å². The number of carbonyl (C=O) groups excluding carboxylic acids is 1. The van der Waals surface area contributed by atoms with Gasteiger partial charge in [-0.2, -0.15) is 9.77 Å². The van der Waals surface area contributed by atoms with Crippen molar-refractivity contribution in [3.8, 4) is 0 Å². The minimum absolute atomic E-state index is 0.0323. The highest BCUT2D eigenvalue weighted by Crippen LogP contribution is 2.17. The van der Waals surface area contributed by atoms with Crippen LogP contribution in [0.25, 0.3) is 0 Å². The molecule has 118 valence electrons. The van der Waals surface area contributed by atoms with Gasteiger partial charge in [-0.05, 0) is 5.56 Å². The summed E-state index contributed by atoms with van der Waals surface area (Å²) in [6.45, 7) is 0. The molecular weight excluding hydrogens is 320 g/mol. The van der Waals surface area contributed by atoms with Gasteiger partial charge in [-0.1, -0.05) is 42.1 Å². The topological polar surface area (TPSA) is 119 Å². The Hall–Kier alpha value is -2.88. The van der Waals surface area contributed by atoms with Crippen molar-refractivity contribution in [2.75, 3.05) is 11.2 Å². The van der Waals surface area contributed by atoms with Gasteiger partial charge >= 0.3 is 5.69 Å². The molecule has 9 nitrogen and oxygen atoms in total. The van der Waals surface area contributed by atoms with E-state index < -0.39 is 5.69 Å². The Morgan fingerprint density at radius 1 is 1.30 bits per heavy atom. The Morgan fingerprint density at radius 3 is 2.87 bits per heavy atom.